The molecule has 0 aliphatic rings. The van der Waals surface area contributed by atoms with E-state index < -0.39 is 0 Å². The van der Waals surface area contributed by atoms with E-state index in [-0.39, 0.29) is 5.88 Å². The summed E-state index contributed by atoms with van der Waals surface area (Å²) in [6.07, 6.45) is 0. The fraction of sp³-hybridized carbons (Fsp3) is 0.0625. The van der Waals surface area contributed by atoms with Crippen molar-refractivity contribution in [3.63, 3.8) is 0 Å². The normalized spacial score (nSPS) is 10.8. The molecule has 2 N–H and O–H groups in total. The minimum Gasteiger partial charge on any atom is -0.367 e. The Kier molecular flexibility index (Phi) is 3.62. The first-order valence-electron chi connectivity index (χ1n) is 6.34. The Balaban J connectivity index is 2.21. The first-order valence-corrected chi connectivity index (χ1v) is 7.09. The molecule has 0 radical (unpaired) electrons. The highest BCUT2D eigenvalue weighted by atomic mass is 35.5. The lowest BCUT2D eigenvalue weighted by atomic mass is 10.00. The van der Waals surface area contributed by atoms with Crippen LogP contribution >= 0.6 is 23.2 Å². The van der Waals surface area contributed by atoms with Gasteiger partial charge in [0, 0.05) is 10.6 Å². The molecule has 0 aliphatic heterocycles. The van der Waals surface area contributed by atoms with Crippen LogP contribution < -0.4 is 5.73 Å². The highest BCUT2D eigenvalue weighted by molar-refractivity contribution is 6.35. The van der Waals surface area contributed by atoms with Crippen molar-refractivity contribution in [1.82, 2.24) is 5.16 Å². The van der Waals surface area contributed by atoms with Gasteiger partial charge in [0.25, 0.3) is 0 Å². The molecule has 0 bridgehead atoms. The Morgan fingerprint density at radius 3 is 2.48 bits per heavy atom. The zero-order valence-electron chi connectivity index (χ0n) is 11.2. The van der Waals surface area contributed by atoms with Crippen LogP contribution in [-0.4, -0.2) is 5.16 Å². The molecule has 106 valence electrons. The van der Waals surface area contributed by atoms with Gasteiger partial charge in [-0.25, -0.2) is 0 Å². The van der Waals surface area contributed by atoms with Crippen molar-refractivity contribution in [3.05, 3.63) is 58.1 Å². The van der Waals surface area contributed by atoms with E-state index in [0.29, 0.717) is 21.3 Å². The van der Waals surface area contributed by atoms with Crippen molar-refractivity contribution in [1.29, 1.82) is 0 Å². The summed E-state index contributed by atoms with van der Waals surface area (Å²) in [5.74, 6) is 0.255. The maximum absolute atomic E-state index is 6.24. The number of hydrogen-bond donors (Lipinski definition) is 1. The van der Waals surface area contributed by atoms with Crippen molar-refractivity contribution in [3.8, 4) is 22.4 Å². The Bertz CT molecular complexity index is 795. The standard InChI is InChI=1S/C16H12Cl2N2O/c1-9-2-4-10(5-3-9)14-15(20-21-16(14)19)12-8-11(17)6-7-13(12)18/h2-8H,19H2,1H3. The van der Waals surface area contributed by atoms with Crippen LogP contribution in [0.25, 0.3) is 22.4 Å². The molecule has 0 spiro atoms. The molecule has 0 fully saturated rings. The van der Waals surface area contributed by atoms with Crippen molar-refractivity contribution in [2.45, 2.75) is 6.92 Å². The van der Waals surface area contributed by atoms with Crippen LogP contribution in [0.2, 0.25) is 10.0 Å². The van der Waals surface area contributed by atoms with Crippen molar-refractivity contribution < 1.29 is 4.52 Å². The molecule has 0 amide bonds. The highest BCUT2D eigenvalue weighted by Crippen LogP contribution is 2.39. The van der Waals surface area contributed by atoms with Gasteiger partial charge in [-0.3, -0.25) is 0 Å². The van der Waals surface area contributed by atoms with Crippen LogP contribution in [0.4, 0.5) is 5.88 Å². The second-order valence-electron chi connectivity index (χ2n) is 4.76. The average Bonchev–Trinajstić information content (AvgIpc) is 2.84. The number of hydrogen-bond acceptors (Lipinski definition) is 3. The Morgan fingerprint density at radius 1 is 1.05 bits per heavy atom. The molecule has 5 heteroatoms. The van der Waals surface area contributed by atoms with E-state index in [1.165, 1.54) is 0 Å². The number of anilines is 1. The van der Waals surface area contributed by atoms with Gasteiger partial charge in [0.05, 0.1) is 10.6 Å². The lowest BCUT2D eigenvalue weighted by molar-refractivity contribution is 0.439. The smallest absolute Gasteiger partial charge is 0.230 e. The zero-order valence-corrected chi connectivity index (χ0v) is 12.7. The zero-order chi connectivity index (χ0) is 15.0. The number of nitrogen functional groups attached to an aromatic ring is 1. The van der Waals surface area contributed by atoms with E-state index in [1.54, 1.807) is 18.2 Å². The highest BCUT2D eigenvalue weighted by Gasteiger charge is 2.19. The van der Waals surface area contributed by atoms with Crippen LogP contribution in [0.15, 0.2) is 47.0 Å². The summed E-state index contributed by atoms with van der Waals surface area (Å²) in [5, 5.41) is 5.16. The maximum Gasteiger partial charge on any atom is 0.230 e. The van der Waals surface area contributed by atoms with Crippen LogP contribution in [0.1, 0.15) is 5.56 Å². The molecule has 0 saturated heterocycles. The first-order chi connectivity index (χ1) is 10.1. The molecule has 1 heterocycles. The number of benzene rings is 2. The molecule has 3 nitrogen and oxygen atoms in total. The topological polar surface area (TPSA) is 52.0 Å². The molecule has 1 aromatic heterocycles. The monoisotopic (exact) mass is 318 g/mol. The van der Waals surface area contributed by atoms with Crippen LogP contribution in [-0.2, 0) is 0 Å². The third-order valence-corrected chi connectivity index (χ3v) is 3.81. The fourth-order valence-electron chi connectivity index (χ4n) is 2.16. The molecular weight excluding hydrogens is 307 g/mol. The SMILES string of the molecule is Cc1ccc(-c2c(-c3cc(Cl)ccc3Cl)noc2N)cc1. The maximum atomic E-state index is 6.24. The molecule has 2 aromatic carbocycles. The molecule has 3 rings (SSSR count). The van der Waals surface area contributed by atoms with Gasteiger partial charge in [-0.15, -0.1) is 0 Å². The molecule has 3 aromatic rings. The molecule has 0 unspecified atom stereocenters. The van der Waals surface area contributed by atoms with E-state index >= 15 is 0 Å². The molecule has 0 aliphatic carbocycles. The van der Waals surface area contributed by atoms with Gasteiger partial charge < -0.3 is 10.3 Å². The molecule has 21 heavy (non-hydrogen) atoms. The van der Waals surface area contributed by atoms with E-state index in [4.69, 9.17) is 33.5 Å². The summed E-state index contributed by atoms with van der Waals surface area (Å²) in [7, 11) is 0. The number of halogens is 2. The van der Waals surface area contributed by atoms with Crippen LogP contribution in [0.3, 0.4) is 0 Å². The van der Waals surface area contributed by atoms with Crippen molar-refractivity contribution >= 4 is 29.1 Å². The van der Waals surface area contributed by atoms with Gasteiger partial charge in [0.15, 0.2) is 0 Å². The third-order valence-electron chi connectivity index (χ3n) is 3.24. The van der Waals surface area contributed by atoms with Gasteiger partial charge in [-0.1, -0.05) is 58.2 Å². The van der Waals surface area contributed by atoms with E-state index in [9.17, 15) is 0 Å². The van der Waals surface area contributed by atoms with Crippen molar-refractivity contribution in [2.75, 3.05) is 5.73 Å². The Hall–Kier alpha value is -1.97. The second kappa shape index (κ2) is 5.43. The number of aromatic nitrogens is 1. The Morgan fingerprint density at radius 2 is 1.76 bits per heavy atom. The lowest BCUT2D eigenvalue weighted by Gasteiger charge is -2.05. The summed E-state index contributed by atoms with van der Waals surface area (Å²) >= 11 is 12.3. The number of nitrogens with two attached hydrogens (primary N) is 1. The number of rotatable bonds is 2. The van der Waals surface area contributed by atoms with Gasteiger partial charge >= 0.3 is 0 Å². The minimum absolute atomic E-state index is 0.255. The molecule has 0 atom stereocenters. The molecular formula is C16H12Cl2N2O. The van der Waals surface area contributed by atoms with Gasteiger partial charge in [-0.05, 0) is 30.7 Å². The number of nitrogens with zero attached hydrogens (tertiary/aromatic N) is 1. The average molecular weight is 319 g/mol. The quantitative estimate of drug-likeness (QED) is 0.706. The Labute approximate surface area is 132 Å². The first kappa shape index (κ1) is 14.0. The van der Waals surface area contributed by atoms with Gasteiger partial charge in [-0.2, -0.15) is 0 Å². The van der Waals surface area contributed by atoms with E-state index in [0.717, 1.165) is 16.7 Å². The van der Waals surface area contributed by atoms with Crippen molar-refractivity contribution in [2.24, 2.45) is 0 Å². The molecule has 0 saturated carbocycles. The lowest BCUT2D eigenvalue weighted by Crippen LogP contribution is -1.88. The van der Waals surface area contributed by atoms with Gasteiger partial charge in [0.2, 0.25) is 5.88 Å². The van der Waals surface area contributed by atoms with E-state index in [2.05, 4.69) is 5.16 Å². The minimum atomic E-state index is 0.255. The van der Waals surface area contributed by atoms with E-state index in [1.807, 2.05) is 31.2 Å². The largest absolute Gasteiger partial charge is 0.367 e. The number of aryl methyl sites for hydroxylation is 1. The summed E-state index contributed by atoms with van der Waals surface area (Å²) in [5.41, 5.74) is 10.0. The summed E-state index contributed by atoms with van der Waals surface area (Å²) in [6, 6.07) is 13.2. The predicted octanol–water partition coefficient (Wildman–Crippen LogP) is 5.21. The van der Waals surface area contributed by atoms with Crippen LogP contribution in [0.5, 0.6) is 0 Å². The summed E-state index contributed by atoms with van der Waals surface area (Å²) in [4.78, 5) is 0. The van der Waals surface area contributed by atoms with Crippen LogP contribution in [0, 0.1) is 6.92 Å². The fourth-order valence-corrected chi connectivity index (χ4v) is 2.54. The third kappa shape index (κ3) is 2.62. The summed E-state index contributed by atoms with van der Waals surface area (Å²) < 4.78 is 5.16. The second-order valence-corrected chi connectivity index (χ2v) is 5.60. The summed E-state index contributed by atoms with van der Waals surface area (Å²) in [6.45, 7) is 2.02. The van der Waals surface area contributed by atoms with Gasteiger partial charge in [0.1, 0.15) is 5.69 Å². The predicted molar refractivity (Wildman–Crippen MR) is 86.5 cm³/mol.